The number of ketones is 1. The zero-order valence-electron chi connectivity index (χ0n) is 12.5. The minimum atomic E-state index is -0.366. The fraction of sp³-hybridized carbons (Fsp3) is 0.176. The number of amides is 1. The van der Waals surface area contributed by atoms with Crippen LogP contribution in [0.2, 0.25) is 0 Å². The third-order valence-corrected chi connectivity index (χ3v) is 3.28. The van der Waals surface area contributed by atoms with Gasteiger partial charge in [-0.15, -0.1) is 0 Å². The van der Waals surface area contributed by atoms with Gasteiger partial charge in [0.1, 0.15) is 5.75 Å². The van der Waals surface area contributed by atoms with Gasteiger partial charge in [0, 0.05) is 11.6 Å². The zero-order chi connectivity index (χ0) is 16.2. The number of benzene rings is 2. The van der Waals surface area contributed by atoms with E-state index in [1.165, 1.54) is 6.92 Å². The Labute approximate surface area is 133 Å². The number of hydrogen-bond donors (Lipinski definition) is 1. The number of carbonyl (C=O) groups is 2. The highest BCUT2D eigenvalue weighted by atomic mass is 16.7. The molecule has 1 aliphatic rings. The molecule has 2 aromatic rings. The summed E-state index contributed by atoms with van der Waals surface area (Å²) < 4.78 is 15.9. The van der Waals surface area contributed by atoms with Crippen LogP contribution in [-0.4, -0.2) is 25.1 Å². The van der Waals surface area contributed by atoms with E-state index in [2.05, 4.69) is 5.32 Å². The van der Waals surface area contributed by atoms with Crippen LogP contribution in [0.4, 0.5) is 5.69 Å². The Hall–Kier alpha value is -3.02. The highest BCUT2D eigenvalue weighted by molar-refractivity contribution is 6.04. The maximum atomic E-state index is 12.0. The molecular formula is C17H15NO5. The second-order valence-corrected chi connectivity index (χ2v) is 4.96. The average molecular weight is 313 g/mol. The topological polar surface area (TPSA) is 73.9 Å². The van der Waals surface area contributed by atoms with E-state index in [9.17, 15) is 9.59 Å². The van der Waals surface area contributed by atoms with E-state index in [0.29, 0.717) is 28.5 Å². The zero-order valence-corrected chi connectivity index (χ0v) is 12.5. The van der Waals surface area contributed by atoms with Crippen molar-refractivity contribution in [3.63, 3.8) is 0 Å². The SMILES string of the molecule is CC(=O)c1cc2c(cc1NC(=O)COc1ccccc1)OCO2. The van der Waals surface area contributed by atoms with Crippen molar-refractivity contribution in [2.24, 2.45) is 0 Å². The predicted octanol–water partition coefficient (Wildman–Crippen LogP) is 2.64. The van der Waals surface area contributed by atoms with Crippen LogP contribution in [0.15, 0.2) is 42.5 Å². The number of hydrogen-bond acceptors (Lipinski definition) is 5. The Kier molecular flexibility index (Phi) is 4.14. The van der Waals surface area contributed by atoms with Gasteiger partial charge in [0.2, 0.25) is 6.79 Å². The van der Waals surface area contributed by atoms with Gasteiger partial charge >= 0.3 is 0 Å². The highest BCUT2D eigenvalue weighted by Crippen LogP contribution is 2.37. The Morgan fingerprint density at radius 2 is 1.83 bits per heavy atom. The van der Waals surface area contributed by atoms with Crippen LogP contribution in [0.5, 0.6) is 17.2 Å². The molecule has 1 aliphatic heterocycles. The van der Waals surface area contributed by atoms with Crippen LogP contribution in [0, 0.1) is 0 Å². The number of para-hydroxylation sites is 1. The van der Waals surface area contributed by atoms with E-state index in [0.717, 1.165) is 0 Å². The van der Waals surface area contributed by atoms with Crippen molar-refractivity contribution in [3.05, 3.63) is 48.0 Å². The first-order valence-corrected chi connectivity index (χ1v) is 7.06. The molecule has 1 heterocycles. The van der Waals surface area contributed by atoms with E-state index in [-0.39, 0.29) is 25.1 Å². The number of rotatable bonds is 5. The minimum Gasteiger partial charge on any atom is -0.484 e. The Bertz CT molecular complexity index is 742. The smallest absolute Gasteiger partial charge is 0.262 e. The first-order chi connectivity index (χ1) is 11.1. The fourth-order valence-electron chi connectivity index (χ4n) is 2.19. The average Bonchev–Trinajstić information content (AvgIpc) is 3.00. The second-order valence-electron chi connectivity index (χ2n) is 4.96. The molecule has 0 aromatic heterocycles. The maximum absolute atomic E-state index is 12.0. The van der Waals surface area contributed by atoms with Crippen molar-refractivity contribution in [1.82, 2.24) is 0 Å². The number of anilines is 1. The lowest BCUT2D eigenvalue weighted by molar-refractivity contribution is -0.118. The molecule has 0 aliphatic carbocycles. The summed E-state index contributed by atoms with van der Waals surface area (Å²) in [6, 6.07) is 12.2. The number of carbonyl (C=O) groups excluding carboxylic acids is 2. The quantitative estimate of drug-likeness (QED) is 0.859. The molecule has 6 heteroatoms. The summed E-state index contributed by atoms with van der Waals surface area (Å²) in [7, 11) is 0. The second kappa shape index (κ2) is 6.39. The fourth-order valence-corrected chi connectivity index (χ4v) is 2.19. The number of ether oxygens (including phenoxy) is 3. The standard InChI is InChI=1S/C17H15NO5/c1-11(19)13-7-15-16(23-10-22-15)8-14(13)18-17(20)9-21-12-5-3-2-4-6-12/h2-8H,9-10H2,1H3,(H,18,20). The van der Waals surface area contributed by atoms with Crippen molar-refractivity contribution >= 4 is 17.4 Å². The molecule has 1 amide bonds. The van der Waals surface area contributed by atoms with E-state index < -0.39 is 0 Å². The first-order valence-electron chi connectivity index (χ1n) is 7.06. The highest BCUT2D eigenvalue weighted by Gasteiger charge is 2.20. The number of Topliss-reactive ketones (excluding diaryl/α,β-unsaturated/α-hetero) is 1. The third kappa shape index (κ3) is 3.42. The lowest BCUT2D eigenvalue weighted by Gasteiger charge is -2.11. The van der Waals surface area contributed by atoms with Crippen LogP contribution in [-0.2, 0) is 4.79 Å². The molecule has 0 radical (unpaired) electrons. The molecule has 0 fully saturated rings. The summed E-state index contributed by atoms with van der Waals surface area (Å²) >= 11 is 0. The molecule has 0 atom stereocenters. The van der Waals surface area contributed by atoms with Gasteiger partial charge in [-0.05, 0) is 25.1 Å². The van der Waals surface area contributed by atoms with Gasteiger partial charge in [-0.1, -0.05) is 18.2 Å². The van der Waals surface area contributed by atoms with E-state index in [4.69, 9.17) is 14.2 Å². The van der Waals surface area contributed by atoms with E-state index in [1.807, 2.05) is 18.2 Å². The van der Waals surface area contributed by atoms with Crippen molar-refractivity contribution < 1.29 is 23.8 Å². The number of nitrogens with one attached hydrogen (secondary N) is 1. The van der Waals surface area contributed by atoms with Gasteiger partial charge in [0.05, 0.1) is 5.69 Å². The molecule has 0 spiro atoms. The maximum Gasteiger partial charge on any atom is 0.262 e. The van der Waals surface area contributed by atoms with Gasteiger partial charge in [-0.2, -0.15) is 0 Å². The van der Waals surface area contributed by atoms with Crippen molar-refractivity contribution in [1.29, 1.82) is 0 Å². The van der Waals surface area contributed by atoms with Crippen LogP contribution in [0.25, 0.3) is 0 Å². The van der Waals surface area contributed by atoms with Crippen molar-refractivity contribution in [3.8, 4) is 17.2 Å². The van der Waals surface area contributed by atoms with Gasteiger partial charge in [0.15, 0.2) is 23.9 Å². The van der Waals surface area contributed by atoms with E-state index in [1.54, 1.807) is 24.3 Å². The monoisotopic (exact) mass is 313 g/mol. The van der Waals surface area contributed by atoms with Crippen LogP contribution >= 0.6 is 0 Å². The molecule has 0 saturated heterocycles. The Balaban J connectivity index is 1.71. The van der Waals surface area contributed by atoms with Gasteiger partial charge in [-0.3, -0.25) is 9.59 Å². The van der Waals surface area contributed by atoms with Gasteiger partial charge in [0.25, 0.3) is 5.91 Å². The molecule has 0 unspecified atom stereocenters. The lowest BCUT2D eigenvalue weighted by Crippen LogP contribution is -2.21. The lowest BCUT2D eigenvalue weighted by atomic mass is 10.1. The largest absolute Gasteiger partial charge is 0.484 e. The van der Waals surface area contributed by atoms with Crippen molar-refractivity contribution in [2.45, 2.75) is 6.92 Å². The molecule has 23 heavy (non-hydrogen) atoms. The molecule has 3 rings (SSSR count). The number of fused-ring (bicyclic) bond motifs is 1. The first kappa shape index (κ1) is 14.9. The molecule has 0 saturated carbocycles. The molecule has 0 bridgehead atoms. The Morgan fingerprint density at radius 3 is 2.52 bits per heavy atom. The molecular weight excluding hydrogens is 298 g/mol. The third-order valence-electron chi connectivity index (χ3n) is 3.28. The summed E-state index contributed by atoms with van der Waals surface area (Å²) in [5.41, 5.74) is 0.741. The van der Waals surface area contributed by atoms with E-state index >= 15 is 0 Å². The van der Waals surface area contributed by atoms with Crippen LogP contribution < -0.4 is 19.5 Å². The summed E-state index contributed by atoms with van der Waals surface area (Å²) in [6.45, 7) is 1.37. The molecule has 118 valence electrons. The van der Waals surface area contributed by atoms with Crippen LogP contribution in [0.3, 0.4) is 0 Å². The summed E-state index contributed by atoms with van der Waals surface area (Å²) in [4.78, 5) is 23.8. The van der Waals surface area contributed by atoms with Gasteiger partial charge in [-0.25, -0.2) is 0 Å². The Morgan fingerprint density at radius 1 is 1.13 bits per heavy atom. The predicted molar refractivity (Wildman–Crippen MR) is 83.1 cm³/mol. The summed E-state index contributed by atoms with van der Waals surface area (Å²) in [5.74, 6) is 1.04. The van der Waals surface area contributed by atoms with Crippen molar-refractivity contribution in [2.75, 3.05) is 18.7 Å². The molecule has 1 N–H and O–H groups in total. The minimum absolute atomic E-state index is 0.0984. The normalized spacial score (nSPS) is 11.9. The summed E-state index contributed by atoms with van der Waals surface area (Å²) in [6.07, 6.45) is 0. The van der Waals surface area contributed by atoms with Crippen LogP contribution in [0.1, 0.15) is 17.3 Å². The summed E-state index contributed by atoms with van der Waals surface area (Å²) in [5, 5.41) is 2.67. The molecule has 2 aromatic carbocycles. The van der Waals surface area contributed by atoms with Gasteiger partial charge < -0.3 is 19.5 Å². The molecule has 6 nitrogen and oxygen atoms in total.